The van der Waals surface area contributed by atoms with Gasteiger partial charge in [-0.1, -0.05) is 111 Å². The van der Waals surface area contributed by atoms with Gasteiger partial charge in [-0.05, 0) is 113 Å². The third-order valence-electron chi connectivity index (χ3n) is 13.0. The molecule has 3 atom stereocenters. The number of thiophene rings is 1. The lowest BCUT2D eigenvalue weighted by atomic mass is 9.33. The van der Waals surface area contributed by atoms with E-state index >= 15 is 0 Å². The van der Waals surface area contributed by atoms with Crippen molar-refractivity contribution in [2.24, 2.45) is 11.8 Å². The molecule has 2 bridgehead atoms. The summed E-state index contributed by atoms with van der Waals surface area (Å²) < 4.78 is 2.68. The van der Waals surface area contributed by atoms with Crippen LogP contribution in [0.15, 0.2) is 133 Å². The van der Waals surface area contributed by atoms with Crippen molar-refractivity contribution in [2.45, 2.75) is 57.3 Å². The first-order valence-corrected chi connectivity index (χ1v) is 19.9. The molecule has 2 nitrogen and oxygen atoms in total. The van der Waals surface area contributed by atoms with E-state index in [1.54, 1.807) is 5.56 Å². The zero-order chi connectivity index (χ0) is 33.7. The first-order chi connectivity index (χ1) is 25.2. The Bertz CT molecular complexity index is 2480. The molecule has 2 saturated carbocycles. The minimum absolute atomic E-state index is 0.156. The second-order valence-electron chi connectivity index (χ2n) is 15.7. The molecule has 4 aliphatic rings. The summed E-state index contributed by atoms with van der Waals surface area (Å²) in [5.74, 6) is 1.78. The van der Waals surface area contributed by atoms with Crippen molar-refractivity contribution in [2.75, 3.05) is 9.80 Å². The van der Waals surface area contributed by atoms with Gasteiger partial charge in [0.15, 0.2) is 0 Å². The summed E-state index contributed by atoms with van der Waals surface area (Å²) in [6.45, 7) is 2.57. The third kappa shape index (κ3) is 4.35. The standard InChI is InChI=1S/C47H41BN2S/c1-2-31-28-32-12-11-27-47(29-31,30-32)33-23-25-34(26-24-33)49-39-17-6-4-15-37(39)48-38-16-5-7-18-40(38)50(42-20-10-19-41(49)45(42)48)43-21-9-14-36-35-13-3-8-22-44(35)51-46(36)43/h3-10,13-26,31-32H,2,11-12,27-30H2,1H3. The van der Waals surface area contributed by atoms with Crippen molar-refractivity contribution in [1.82, 2.24) is 0 Å². The van der Waals surface area contributed by atoms with Crippen molar-refractivity contribution in [3.05, 3.63) is 139 Å². The zero-order valence-electron chi connectivity index (χ0n) is 29.2. The van der Waals surface area contributed by atoms with Crippen LogP contribution >= 0.6 is 11.3 Å². The van der Waals surface area contributed by atoms with Gasteiger partial charge < -0.3 is 9.80 Å². The Morgan fingerprint density at radius 1 is 0.647 bits per heavy atom. The number of rotatable bonds is 4. The molecule has 7 aromatic rings. The van der Waals surface area contributed by atoms with Crippen LogP contribution in [0.3, 0.4) is 0 Å². The summed E-state index contributed by atoms with van der Waals surface area (Å²) in [6, 6.07) is 50.9. The Labute approximate surface area is 305 Å². The highest BCUT2D eigenvalue weighted by Crippen LogP contribution is 2.54. The molecular formula is C47H41BN2S. The van der Waals surface area contributed by atoms with Crippen LogP contribution in [-0.4, -0.2) is 6.71 Å². The molecule has 0 radical (unpaired) electrons. The molecule has 11 rings (SSSR count). The average Bonchev–Trinajstić information content (AvgIpc) is 3.57. The van der Waals surface area contributed by atoms with Gasteiger partial charge in [0.25, 0.3) is 6.71 Å². The molecule has 0 spiro atoms. The van der Waals surface area contributed by atoms with Crippen molar-refractivity contribution in [1.29, 1.82) is 0 Å². The van der Waals surface area contributed by atoms with E-state index in [-0.39, 0.29) is 6.71 Å². The first kappa shape index (κ1) is 29.9. The predicted octanol–water partition coefficient (Wildman–Crippen LogP) is 11.4. The van der Waals surface area contributed by atoms with Gasteiger partial charge >= 0.3 is 0 Å². The summed E-state index contributed by atoms with van der Waals surface area (Å²) in [6.07, 6.45) is 9.66. The number of anilines is 6. The first-order valence-electron chi connectivity index (χ1n) is 19.1. The maximum absolute atomic E-state index is 2.56. The number of para-hydroxylation sites is 2. The lowest BCUT2D eigenvalue weighted by Gasteiger charge is -2.49. The Balaban J connectivity index is 1.10. The Morgan fingerprint density at radius 2 is 1.29 bits per heavy atom. The molecular weight excluding hydrogens is 635 g/mol. The van der Waals surface area contributed by atoms with Gasteiger partial charge in [-0.3, -0.25) is 0 Å². The minimum atomic E-state index is 0.156. The highest BCUT2D eigenvalue weighted by Gasteiger charge is 2.45. The van der Waals surface area contributed by atoms with Crippen molar-refractivity contribution < 1.29 is 0 Å². The SMILES string of the molecule is CCC1CC2CCCC(c3ccc(N4c5ccccc5B5c6ccccc6N(c6cccc7c6sc6ccccc67)c6cccc4c65)cc3)(C1)C2. The van der Waals surface area contributed by atoms with Gasteiger partial charge in [0.1, 0.15) is 0 Å². The maximum atomic E-state index is 2.56. The summed E-state index contributed by atoms with van der Waals surface area (Å²) >= 11 is 1.91. The molecule has 3 heterocycles. The van der Waals surface area contributed by atoms with Crippen LogP contribution in [-0.2, 0) is 5.41 Å². The molecule has 0 saturated heterocycles. The third-order valence-corrected chi connectivity index (χ3v) is 14.2. The van der Waals surface area contributed by atoms with E-state index in [1.807, 2.05) is 11.3 Å². The van der Waals surface area contributed by atoms with Gasteiger partial charge in [0.05, 0.1) is 10.4 Å². The monoisotopic (exact) mass is 676 g/mol. The second-order valence-corrected chi connectivity index (χ2v) is 16.7. The molecule has 3 unspecified atom stereocenters. The van der Waals surface area contributed by atoms with Crippen LogP contribution in [0.25, 0.3) is 20.2 Å². The summed E-state index contributed by atoms with van der Waals surface area (Å²) in [7, 11) is 0. The topological polar surface area (TPSA) is 6.48 Å². The van der Waals surface area contributed by atoms with Crippen LogP contribution in [0, 0.1) is 11.8 Å². The predicted molar refractivity (Wildman–Crippen MR) is 220 cm³/mol. The molecule has 6 aromatic carbocycles. The largest absolute Gasteiger partial charge is 0.311 e. The van der Waals surface area contributed by atoms with Crippen LogP contribution in [0.4, 0.5) is 34.1 Å². The molecule has 2 aliphatic heterocycles. The zero-order valence-corrected chi connectivity index (χ0v) is 30.0. The van der Waals surface area contributed by atoms with Crippen molar-refractivity contribution >= 4 is 88.7 Å². The van der Waals surface area contributed by atoms with Crippen molar-refractivity contribution in [3.8, 4) is 0 Å². The summed E-state index contributed by atoms with van der Waals surface area (Å²) in [4.78, 5) is 5.11. The lowest BCUT2D eigenvalue weighted by Crippen LogP contribution is -2.61. The Morgan fingerprint density at radius 3 is 2.10 bits per heavy atom. The second kappa shape index (κ2) is 11.4. The maximum Gasteiger partial charge on any atom is 0.252 e. The molecule has 4 heteroatoms. The number of nitrogens with zero attached hydrogens (tertiary/aromatic N) is 2. The summed E-state index contributed by atoms with van der Waals surface area (Å²) in [5.41, 5.74) is 13.7. The van der Waals surface area contributed by atoms with Crippen LogP contribution in [0.2, 0.25) is 0 Å². The van der Waals surface area contributed by atoms with Gasteiger partial charge in [-0.15, -0.1) is 11.3 Å². The summed E-state index contributed by atoms with van der Waals surface area (Å²) in [5, 5.41) is 2.67. The number of hydrogen-bond donors (Lipinski definition) is 0. The Hall–Kier alpha value is -4.80. The number of fused-ring (bicyclic) bond motifs is 9. The number of hydrogen-bond acceptors (Lipinski definition) is 3. The van der Waals surface area contributed by atoms with Crippen LogP contribution in [0.1, 0.15) is 57.4 Å². The van der Waals surface area contributed by atoms with Crippen molar-refractivity contribution in [3.63, 3.8) is 0 Å². The highest BCUT2D eigenvalue weighted by molar-refractivity contribution is 7.26. The molecule has 0 amide bonds. The van der Waals surface area contributed by atoms with Gasteiger partial charge in [0.2, 0.25) is 0 Å². The molecule has 248 valence electrons. The van der Waals surface area contributed by atoms with E-state index in [1.165, 1.54) is 116 Å². The van der Waals surface area contributed by atoms with E-state index in [0.29, 0.717) is 5.41 Å². The fourth-order valence-corrected chi connectivity index (χ4v) is 12.1. The fourth-order valence-electron chi connectivity index (χ4n) is 10.9. The Kier molecular flexibility index (Phi) is 6.65. The highest BCUT2D eigenvalue weighted by atomic mass is 32.1. The van der Waals surface area contributed by atoms with Gasteiger partial charge in [-0.25, -0.2) is 0 Å². The van der Waals surface area contributed by atoms with E-state index in [9.17, 15) is 0 Å². The molecule has 51 heavy (non-hydrogen) atoms. The lowest BCUT2D eigenvalue weighted by molar-refractivity contribution is 0.100. The van der Waals surface area contributed by atoms with E-state index in [2.05, 4.69) is 150 Å². The minimum Gasteiger partial charge on any atom is -0.311 e. The quantitative estimate of drug-likeness (QED) is 0.171. The number of benzene rings is 6. The smallest absolute Gasteiger partial charge is 0.252 e. The van der Waals surface area contributed by atoms with Gasteiger partial charge in [0, 0.05) is 43.9 Å². The molecule has 1 aromatic heterocycles. The fraction of sp³-hybridized carbons (Fsp3) is 0.234. The molecule has 2 fully saturated rings. The van der Waals surface area contributed by atoms with E-state index in [0.717, 1.165) is 11.8 Å². The molecule has 0 N–H and O–H groups in total. The van der Waals surface area contributed by atoms with E-state index in [4.69, 9.17) is 0 Å². The normalized spacial score (nSPS) is 21.8. The average molecular weight is 677 g/mol. The van der Waals surface area contributed by atoms with Crippen LogP contribution in [0.5, 0.6) is 0 Å². The van der Waals surface area contributed by atoms with Gasteiger partial charge in [-0.2, -0.15) is 0 Å². The van der Waals surface area contributed by atoms with E-state index < -0.39 is 0 Å². The molecule has 2 aliphatic carbocycles. The van der Waals surface area contributed by atoms with Crippen LogP contribution < -0.4 is 26.2 Å².